The largest absolute Gasteiger partial charge is 2.00 e. The van der Waals surface area contributed by atoms with Gasteiger partial charge in [0.05, 0.1) is 1.37 Å². The van der Waals surface area contributed by atoms with Crippen LogP contribution >= 0.6 is 0 Å². The number of para-hydroxylation sites is 1. The molecule has 0 unspecified atom stereocenters. The molecular weight excluding hydrogens is 589 g/mol. The van der Waals surface area contributed by atoms with Crippen molar-refractivity contribution in [3.8, 4) is 28.6 Å². The van der Waals surface area contributed by atoms with Crippen LogP contribution in [0.4, 0.5) is 0 Å². The van der Waals surface area contributed by atoms with Gasteiger partial charge in [0.15, 0.2) is 0 Å². The number of ether oxygens (including phenoxy) is 1. The SMILES string of the molecule is [2H]c1ccnc(Oc2[c-]c(-c3[c-]c4c(cc3)c3ccccc3n4-c3ccccn3)ccc2)c1.[Pt+2]. The van der Waals surface area contributed by atoms with E-state index in [4.69, 9.17) is 6.11 Å². The molecule has 6 rings (SSSR count). The van der Waals surface area contributed by atoms with E-state index in [1.807, 2.05) is 48.5 Å². The number of aromatic nitrogens is 3. The van der Waals surface area contributed by atoms with Gasteiger partial charge in [-0.05, 0) is 35.2 Å². The van der Waals surface area contributed by atoms with Crippen LogP contribution in [0, 0.1) is 12.1 Å². The number of pyridine rings is 2. The summed E-state index contributed by atoms with van der Waals surface area (Å²) in [6.45, 7) is 0. The Balaban J connectivity index is 0.00000241. The molecule has 160 valence electrons. The van der Waals surface area contributed by atoms with Crippen molar-refractivity contribution >= 4 is 21.8 Å². The summed E-state index contributed by atoms with van der Waals surface area (Å²) >= 11 is 0. The Hall–Kier alpha value is -3.75. The van der Waals surface area contributed by atoms with E-state index in [9.17, 15) is 0 Å². The Labute approximate surface area is 207 Å². The van der Waals surface area contributed by atoms with E-state index >= 15 is 0 Å². The molecule has 5 heteroatoms. The van der Waals surface area contributed by atoms with Gasteiger partial charge >= 0.3 is 21.1 Å². The van der Waals surface area contributed by atoms with Gasteiger partial charge in [-0.25, -0.2) is 21.1 Å². The molecule has 0 saturated carbocycles. The zero-order valence-corrected chi connectivity index (χ0v) is 19.6. The quantitative estimate of drug-likeness (QED) is 0.211. The summed E-state index contributed by atoms with van der Waals surface area (Å²) in [5, 5.41) is 2.27. The summed E-state index contributed by atoms with van der Waals surface area (Å²) in [5.74, 6) is 1.74. The average Bonchev–Trinajstić information content (AvgIpc) is 3.18. The number of rotatable bonds is 4. The molecule has 33 heavy (non-hydrogen) atoms. The molecule has 0 aliphatic heterocycles. The van der Waals surface area contributed by atoms with Gasteiger partial charge in [0, 0.05) is 29.7 Å². The summed E-state index contributed by atoms with van der Waals surface area (Å²) in [5.41, 5.74) is 3.79. The molecular formula is C28H17N3OPt. The third kappa shape index (κ3) is 3.94. The maximum Gasteiger partial charge on any atom is 2.00 e. The maximum atomic E-state index is 7.75. The Kier molecular flexibility index (Phi) is 5.43. The van der Waals surface area contributed by atoms with Crippen LogP contribution in [0.1, 0.15) is 1.37 Å². The summed E-state index contributed by atoms with van der Waals surface area (Å²) in [7, 11) is 0. The molecule has 3 heterocycles. The van der Waals surface area contributed by atoms with Crippen LogP contribution in [0.5, 0.6) is 11.6 Å². The van der Waals surface area contributed by atoms with E-state index in [1.165, 1.54) is 0 Å². The summed E-state index contributed by atoms with van der Waals surface area (Å²) in [6.07, 6.45) is 3.36. The Morgan fingerprint density at radius 1 is 0.727 bits per heavy atom. The standard InChI is InChI=1S/C28H17N3O.Pt/c1-2-11-25-23(10-1)24-15-14-21(19-26(24)31(25)27-12-3-5-16-29-27)20-8-7-9-22(18-20)32-28-13-4-6-17-30-28;/h1-17H;/q-2;+2/i4D;. The molecule has 4 nitrogen and oxygen atoms in total. The first-order valence-corrected chi connectivity index (χ1v) is 10.3. The molecule has 6 aromatic rings. The Morgan fingerprint density at radius 2 is 1.58 bits per heavy atom. The van der Waals surface area contributed by atoms with Gasteiger partial charge in [0.25, 0.3) is 0 Å². The molecule has 0 spiro atoms. The van der Waals surface area contributed by atoms with Crippen molar-refractivity contribution in [2.24, 2.45) is 0 Å². The molecule has 0 fully saturated rings. The molecule has 0 bridgehead atoms. The Morgan fingerprint density at radius 3 is 2.45 bits per heavy atom. The fourth-order valence-electron chi connectivity index (χ4n) is 3.92. The maximum absolute atomic E-state index is 7.75. The zero-order chi connectivity index (χ0) is 22.2. The van der Waals surface area contributed by atoms with Crippen LogP contribution in [-0.2, 0) is 21.1 Å². The predicted molar refractivity (Wildman–Crippen MR) is 126 cm³/mol. The van der Waals surface area contributed by atoms with E-state index in [1.54, 1.807) is 24.5 Å². The van der Waals surface area contributed by atoms with Crippen molar-refractivity contribution in [2.45, 2.75) is 0 Å². The summed E-state index contributed by atoms with van der Waals surface area (Å²) in [6, 6.07) is 34.5. The summed E-state index contributed by atoms with van der Waals surface area (Å²) in [4.78, 5) is 8.75. The van der Waals surface area contributed by atoms with E-state index < -0.39 is 0 Å². The minimum absolute atomic E-state index is 0. The minimum Gasteiger partial charge on any atom is -0.460 e. The van der Waals surface area contributed by atoms with E-state index in [2.05, 4.69) is 50.9 Å². The second kappa shape index (κ2) is 9.01. The van der Waals surface area contributed by atoms with Gasteiger partial charge in [0.2, 0.25) is 5.88 Å². The van der Waals surface area contributed by atoms with Gasteiger partial charge in [-0.1, -0.05) is 35.7 Å². The minimum atomic E-state index is 0. The fraction of sp³-hybridized carbons (Fsp3) is 0. The van der Waals surface area contributed by atoms with Crippen LogP contribution in [0.3, 0.4) is 0 Å². The second-order valence-electron chi connectivity index (χ2n) is 7.30. The van der Waals surface area contributed by atoms with Gasteiger partial charge in [0.1, 0.15) is 5.82 Å². The first kappa shape index (κ1) is 19.9. The molecule has 0 amide bonds. The van der Waals surface area contributed by atoms with Gasteiger partial charge in [-0.2, -0.15) is 24.3 Å². The first-order chi connectivity index (χ1) is 16.3. The van der Waals surface area contributed by atoms with E-state index in [0.717, 1.165) is 38.8 Å². The third-order valence-corrected chi connectivity index (χ3v) is 5.31. The molecule has 3 aromatic carbocycles. The molecule has 0 radical (unpaired) electrons. The number of nitrogens with zero attached hydrogens (tertiary/aromatic N) is 3. The predicted octanol–water partition coefficient (Wildman–Crippen LogP) is 6.63. The molecule has 0 aliphatic carbocycles. The molecule has 0 saturated heterocycles. The van der Waals surface area contributed by atoms with Crippen molar-refractivity contribution in [1.82, 2.24) is 14.5 Å². The van der Waals surface area contributed by atoms with E-state index in [-0.39, 0.29) is 21.1 Å². The molecule has 0 atom stereocenters. The van der Waals surface area contributed by atoms with Crippen LogP contribution in [0.25, 0.3) is 38.8 Å². The molecule has 0 N–H and O–H groups in total. The first-order valence-electron chi connectivity index (χ1n) is 10.8. The fourth-order valence-corrected chi connectivity index (χ4v) is 3.92. The van der Waals surface area contributed by atoms with E-state index in [0.29, 0.717) is 17.7 Å². The molecule has 3 aromatic heterocycles. The average molecular weight is 608 g/mol. The number of benzene rings is 3. The van der Waals surface area contributed by atoms with Crippen molar-refractivity contribution in [1.29, 1.82) is 0 Å². The topological polar surface area (TPSA) is 39.9 Å². The van der Waals surface area contributed by atoms with Crippen molar-refractivity contribution in [3.05, 3.63) is 115 Å². The normalized spacial score (nSPS) is 11.2. The van der Waals surface area contributed by atoms with Gasteiger partial charge in [-0.15, -0.1) is 18.2 Å². The number of fused-ring (bicyclic) bond motifs is 3. The zero-order valence-electron chi connectivity index (χ0n) is 18.3. The number of hydrogen-bond acceptors (Lipinski definition) is 3. The van der Waals surface area contributed by atoms with Crippen LogP contribution in [0.15, 0.2) is 103 Å². The molecule has 0 aliphatic rings. The smallest absolute Gasteiger partial charge is 0.460 e. The monoisotopic (exact) mass is 607 g/mol. The van der Waals surface area contributed by atoms with Crippen LogP contribution < -0.4 is 4.74 Å². The van der Waals surface area contributed by atoms with Gasteiger partial charge < -0.3 is 9.30 Å². The summed E-state index contributed by atoms with van der Waals surface area (Å²) < 4.78 is 15.7. The number of hydrogen-bond donors (Lipinski definition) is 0. The van der Waals surface area contributed by atoms with Crippen molar-refractivity contribution < 1.29 is 27.2 Å². The van der Waals surface area contributed by atoms with Crippen LogP contribution in [0.2, 0.25) is 0 Å². The Bertz CT molecular complexity index is 1620. The third-order valence-electron chi connectivity index (χ3n) is 5.31. The van der Waals surface area contributed by atoms with Crippen molar-refractivity contribution in [2.75, 3.05) is 0 Å². The van der Waals surface area contributed by atoms with Crippen molar-refractivity contribution in [3.63, 3.8) is 0 Å². The van der Waals surface area contributed by atoms with Crippen LogP contribution in [-0.4, -0.2) is 14.5 Å². The second-order valence-corrected chi connectivity index (χ2v) is 7.30. The van der Waals surface area contributed by atoms with Gasteiger partial charge in [-0.3, -0.25) is 0 Å².